The number of amides is 2. The van der Waals surface area contributed by atoms with Crippen LogP contribution in [0.1, 0.15) is 22.3 Å². The number of methoxy groups -OCH3 is 2. The minimum atomic E-state index is -3.81. The molecule has 0 aliphatic rings. The van der Waals surface area contributed by atoms with E-state index in [1.165, 1.54) is 17.0 Å². The molecule has 0 radical (unpaired) electrons. The fraction of sp³-hybridized carbons (Fsp3) is 0.278. The van der Waals surface area contributed by atoms with Crippen LogP contribution in [0.15, 0.2) is 103 Å². The quantitative estimate of drug-likeness (QED) is 0.188. The average Bonchev–Trinajstić information content (AvgIpc) is 3.07. The highest BCUT2D eigenvalue weighted by atomic mass is 32.2. The van der Waals surface area contributed by atoms with Gasteiger partial charge in [-0.25, -0.2) is 12.8 Å². The second-order valence-corrected chi connectivity index (χ2v) is 13.1. The summed E-state index contributed by atoms with van der Waals surface area (Å²) in [7, 11) is -0.708. The van der Waals surface area contributed by atoms with E-state index >= 15 is 0 Å². The average molecular weight is 662 g/mol. The fourth-order valence-electron chi connectivity index (χ4n) is 5.14. The number of carbonyl (C=O) groups is 2. The van der Waals surface area contributed by atoms with Crippen molar-refractivity contribution >= 4 is 21.8 Å². The van der Waals surface area contributed by atoms with Crippen LogP contribution in [0, 0.1) is 5.82 Å². The predicted octanol–water partition coefficient (Wildman–Crippen LogP) is 4.60. The Balaban J connectivity index is 1.63. The van der Waals surface area contributed by atoms with Crippen LogP contribution in [-0.2, 0) is 45.5 Å². The van der Waals surface area contributed by atoms with Crippen molar-refractivity contribution in [3.8, 4) is 11.5 Å². The fourth-order valence-corrected chi connectivity index (χ4v) is 5.87. The van der Waals surface area contributed by atoms with E-state index in [4.69, 9.17) is 9.47 Å². The first kappa shape index (κ1) is 35.1. The van der Waals surface area contributed by atoms with Crippen LogP contribution in [0.2, 0.25) is 0 Å². The molecule has 4 aromatic carbocycles. The molecule has 0 spiro atoms. The first-order valence-corrected chi connectivity index (χ1v) is 17.0. The minimum Gasteiger partial charge on any atom is -0.493 e. The number of rotatable bonds is 16. The Morgan fingerprint density at radius 1 is 0.766 bits per heavy atom. The molecule has 4 aromatic rings. The number of nitrogens with one attached hydrogen (secondary N) is 1. The maximum atomic E-state index is 14.2. The van der Waals surface area contributed by atoms with Gasteiger partial charge in [0.15, 0.2) is 11.5 Å². The molecule has 0 aliphatic heterocycles. The lowest BCUT2D eigenvalue weighted by molar-refractivity contribution is -0.141. The Hall–Kier alpha value is -4.74. The van der Waals surface area contributed by atoms with Gasteiger partial charge in [-0.3, -0.25) is 9.59 Å². The summed E-state index contributed by atoms with van der Waals surface area (Å²) in [4.78, 5) is 29.5. The third-order valence-electron chi connectivity index (χ3n) is 7.68. The highest BCUT2D eigenvalue weighted by molar-refractivity contribution is 7.88. The normalized spacial score (nSPS) is 11.9. The van der Waals surface area contributed by atoms with Crippen LogP contribution in [-0.4, -0.2) is 69.0 Å². The van der Waals surface area contributed by atoms with Crippen molar-refractivity contribution < 1.29 is 31.9 Å². The highest BCUT2D eigenvalue weighted by Crippen LogP contribution is 2.27. The van der Waals surface area contributed by atoms with Crippen molar-refractivity contribution in [3.05, 3.63) is 131 Å². The molecule has 0 saturated carbocycles. The zero-order valence-electron chi connectivity index (χ0n) is 26.8. The zero-order valence-corrected chi connectivity index (χ0v) is 27.6. The lowest BCUT2D eigenvalue weighted by atomic mass is 10.0. The van der Waals surface area contributed by atoms with Gasteiger partial charge in [-0.2, -0.15) is 4.31 Å². The number of ether oxygens (including phenoxy) is 2. The minimum absolute atomic E-state index is 0.0172. The number of benzene rings is 4. The van der Waals surface area contributed by atoms with Gasteiger partial charge in [-0.05, 0) is 52.9 Å². The summed E-state index contributed by atoms with van der Waals surface area (Å²) in [5.74, 6) is -0.245. The van der Waals surface area contributed by atoms with E-state index < -0.39 is 40.2 Å². The molecular formula is C36H40FN3O6S. The van der Waals surface area contributed by atoms with Crippen molar-refractivity contribution in [1.29, 1.82) is 0 Å². The molecule has 11 heteroatoms. The highest BCUT2D eigenvalue weighted by Gasteiger charge is 2.33. The maximum Gasteiger partial charge on any atom is 0.243 e. The second-order valence-electron chi connectivity index (χ2n) is 11.1. The molecule has 0 aliphatic carbocycles. The van der Waals surface area contributed by atoms with Crippen LogP contribution in [0.5, 0.6) is 11.5 Å². The summed E-state index contributed by atoms with van der Waals surface area (Å²) < 4.78 is 51.3. The van der Waals surface area contributed by atoms with Crippen molar-refractivity contribution in [1.82, 2.24) is 14.5 Å². The smallest absolute Gasteiger partial charge is 0.243 e. The van der Waals surface area contributed by atoms with E-state index in [9.17, 15) is 22.4 Å². The molecule has 9 nitrogen and oxygen atoms in total. The van der Waals surface area contributed by atoms with Gasteiger partial charge in [-0.15, -0.1) is 0 Å². The molecule has 1 N–H and O–H groups in total. The van der Waals surface area contributed by atoms with E-state index in [2.05, 4.69) is 5.32 Å². The van der Waals surface area contributed by atoms with E-state index in [-0.39, 0.29) is 26.1 Å². The molecule has 1 atom stereocenters. The van der Waals surface area contributed by atoms with E-state index in [0.29, 0.717) is 29.0 Å². The van der Waals surface area contributed by atoms with Crippen molar-refractivity contribution in [3.63, 3.8) is 0 Å². The molecule has 4 rings (SSSR count). The standard InChI is InChI=1S/C36H40FN3O6S/c1-45-33-19-16-28(23-34(33)46-2)20-21-38-36(42)32(22-27-10-6-4-7-11-27)40(25-30-14-17-31(37)18-15-30)35(41)26-39(47(3,43)44)24-29-12-8-5-9-13-29/h4-19,23,32H,20-22,24-26H2,1-3H3,(H,38,42). The molecule has 248 valence electrons. The van der Waals surface area contributed by atoms with Gasteiger partial charge in [0, 0.05) is 26.1 Å². The van der Waals surface area contributed by atoms with E-state index in [1.807, 2.05) is 48.5 Å². The van der Waals surface area contributed by atoms with Crippen LogP contribution >= 0.6 is 0 Å². The molecule has 47 heavy (non-hydrogen) atoms. The van der Waals surface area contributed by atoms with Crippen LogP contribution in [0.4, 0.5) is 4.39 Å². The number of hydrogen-bond acceptors (Lipinski definition) is 6. The lowest BCUT2D eigenvalue weighted by Gasteiger charge is -2.33. The zero-order chi connectivity index (χ0) is 33.8. The summed E-state index contributed by atoms with van der Waals surface area (Å²) >= 11 is 0. The Morgan fingerprint density at radius 3 is 1.94 bits per heavy atom. The van der Waals surface area contributed by atoms with Crippen molar-refractivity contribution in [2.75, 3.05) is 33.6 Å². The lowest BCUT2D eigenvalue weighted by Crippen LogP contribution is -2.53. The number of halogens is 1. The Kier molecular flexibility index (Phi) is 12.5. The number of carbonyl (C=O) groups excluding carboxylic acids is 2. The molecule has 0 aromatic heterocycles. The summed E-state index contributed by atoms with van der Waals surface area (Å²) in [5, 5.41) is 2.97. The third kappa shape index (κ3) is 10.4. The number of sulfonamides is 1. The number of hydrogen-bond donors (Lipinski definition) is 1. The molecular weight excluding hydrogens is 621 g/mol. The molecule has 2 amide bonds. The molecule has 1 unspecified atom stereocenters. The molecule has 0 fully saturated rings. The van der Waals surface area contributed by atoms with Crippen LogP contribution in [0.25, 0.3) is 0 Å². The van der Waals surface area contributed by atoms with Gasteiger partial charge in [-0.1, -0.05) is 78.9 Å². The number of nitrogens with zero attached hydrogens (tertiary/aromatic N) is 2. The van der Waals surface area contributed by atoms with Crippen molar-refractivity contribution in [2.45, 2.75) is 32.0 Å². The van der Waals surface area contributed by atoms with Gasteiger partial charge in [0.2, 0.25) is 21.8 Å². The molecule has 0 heterocycles. The first-order chi connectivity index (χ1) is 22.6. The van der Waals surface area contributed by atoms with Gasteiger partial charge < -0.3 is 19.7 Å². The predicted molar refractivity (Wildman–Crippen MR) is 179 cm³/mol. The third-order valence-corrected chi connectivity index (χ3v) is 8.88. The van der Waals surface area contributed by atoms with E-state index in [0.717, 1.165) is 21.7 Å². The maximum absolute atomic E-state index is 14.2. The van der Waals surface area contributed by atoms with Crippen molar-refractivity contribution in [2.24, 2.45) is 0 Å². The first-order valence-electron chi connectivity index (χ1n) is 15.1. The summed E-state index contributed by atoms with van der Waals surface area (Å²) in [6.07, 6.45) is 1.71. The van der Waals surface area contributed by atoms with Gasteiger partial charge in [0.25, 0.3) is 0 Å². The molecule has 0 saturated heterocycles. The Morgan fingerprint density at radius 2 is 1.34 bits per heavy atom. The Labute approximate surface area is 276 Å². The largest absolute Gasteiger partial charge is 0.493 e. The SMILES string of the molecule is COc1ccc(CCNC(=O)C(Cc2ccccc2)N(Cc2ccc(F)cc2)C(=O)CN(Cc2ccccc2)S(C)(=O)=O)cc1OC. The summed E-state index contributed by atoms with van der Waals surface area (Å²) in [5.41, 5.74) is 3.02. The van der Waals surface area contributed by atoms with Gasteiger partial charge >= 0.3 is 0 Å². The second kappa shape index (κ2) is 16.7. The summed E-state index contributed by atoms with van der Waals surface area (Å²) in [6, 6.07) is 28.4. The van der Waals surface area contributed by atoms with E-state index in [1.54, 1.807) is 56.7 Å². The summed E-state index contributed by atoms with van der Waals surface area (Å²) in [6.45, 7) is -0.278. The topological polar surface area (TPSA) is 105 Å². The van der Waals surface area contributed by atoms with Crippen LogP contribution < -0.4 is 14.8 Å². The van der Waals surface area contributed by atoms with Gasteiger partial charge in [0.05, 0.1) is 27.0 Å². The Bertz CT molecular complexity index is 1720. The van der Waals surface area contributed by atoms with Gasteiger partial charge in [0.1, 0.15) is 11.9 Å². The van der Waals surface area contributed by atoms with Crippen LogP contribution in [0.3, 0.4) is 0 Å². The monoisotopic (exact) mass is 661 g/mol. The molecule has 0 bridgehead atoms.